The molecule has 0 spiro atoms. The highest BCUT2D eigenvalue weighted by molar-refractivity contribution is 9.09. The van der Waals surface area contributed by atoms with Crippen molar-refractivity contribution in [1.82, 2.24) is 10.2 Å². The standard InChI is InChI=1S/C13H21BrN2O2/c14-7-2-1-3-13(18)16-8-6-11-10(9-16)4-5-12(17)15-11/h10-11H,1-9H2,(H,15,17). The lowest BCUT2D eigenvalue weighted by molar-refractivity contribution is -0.134. The monoisotopic (exact) mass is 316 g/mol. The number of piperidine rings is 2. The number of halogens is 1. The molecule has 0 radical (unpaired) electrons. The van der Waals surface area contributed by atoms with Crippen molar-refractivity contribution in [3.05, 3.63) is 0 Å². The van der Waals surface area contributed by atoms with Gasteiger partial charge in [0, 0.05) is 37.3 Å². The highest BCUT2D eigenvalue weighted by atomic mass is 79.9. The molecule has 0 aromatic rings. The van der Waals surface area contributed by atoms with Gasteiger partial charge in [-0.15, -0.1) is 0 Å². The quantitative estimate of drug-likeness (QED) is 0.633. The van der Waals surface area contributed by atoms with Gasteiger partial charge in [-0.3, -0.25) is 9.59 Å². The van der Waals surface area contributed by atoms with Crippen LogP contribution in [0.5, 0.6) is 0 Å². The summed E-state index contributed by atoms with van der Waals surface area (Å²) in [5.41, 5.74) is 0. The minimum absolute atomic E-state index is 0.174. The number of hydrogen-bond donors (Lipinski definition) is 1. The average molecular weight is 317 g/mol. The largest absolute Gasteiger partial charge is 0.353 e. The molecule has 2 amide bonds. The Labute approximate surface area is 117 Å². The molecule has 0 bridgehead atoms. The number of nitrogens with one attached hydrogen (secondary N) is 1. The van der Waals surface area contributed by atoms with Gasteiger partial charge in [-0.25, -0.2) is 0 Å². The summed E-state index contributed by atoms with van der Waals surface area (Å²) in [4.78, 5) is 25.3. The summed E-state index contributed by atoms with van der Waals surface area (Å²) in [5, 5.41) is 4.02. The predicted molar refractivity (Wildman–Crippen MR) is 73.5 cm³/mol. The van der Waals surface area contributed by atoms with E-state index in [1.54, 1.807) is 0 Å². The van der Waals surface area contributed by atoms with Crippen LogP contribution in [0.3, 0.4) is 0 Å². The minimum atomic E-state index is 0.174. The molecule has 2 fully saturated rings. The van der Waals surface area contributed by atoms with E-state index < -0.39 is 0 Å². The third-order valence-electron chi connectivity index (χ3n) is 3.95. The fraction of sp³-hybridized carbons (Fsp3) is 0.846. The highest BCUT2D eigenvalue weighted by Crippen LogP contribution is 2.25. The van der Waals surface area contributed by atoms with Gasteiger partial charge in [0.1, 0.15) is 0 Å². The van der Waals surface area contributed by atoms with E-state index in [-0.39, 0.29) is 11.8 Å². The molecule has 0 aromatic heterocycles. The normalized spacial score (nSPS) is 27.6. The van der Waals surface area contributed by atoms with Crippen LogP contribution in [-0.2, 0) is 9.59 Å². The van der Waals surface area contributed by atoms with Crippen molar-refractivity contribution in [2.45, 2.75) is 44.6 Å². The van der Waals surface area contributed by atoms with Crippen molar-refractivity contribution in [1.29, 1.82) is 0 Å². The summed E-state index contributed by atoms with van der Waals surface area (Å²) >= 11 is 3.38. The number of carbonyl (C=O) groups excluding carboxylic acids is 2. The van der Waals surface area contributed by atoms with Crippen molar-refractivity contribution in [2.24, 2.45) is 5.92 Å². The van der Waals surface area contributed by atoms with Gasteiger partial charge in [0.2, 0.25) is 11.8 Å². The summed E-state index contributed by atoms with van der Waals surface area (Å²) < 4.78 is 0. The van der Waals surface area contributed by atoms with Gasteiger partial charge in [0.25, 0.3) is 0 Å². The zero-order valence-electron chi connectivity index (χ0n) is 10.7. The molecule has 102 valence electrons. The van der Waals surface area contributed by atoms with Crippen LogP contribution in [0.25, 0.3) is 0 Å². The SMILES string of the molecule is O=C1CCC2CN(C(=O)CCCCBr)CCC2N1. The fourth-order valence-electron chi connectivity index (χ4n) is 2.87. The Morgan fingerprint density at radius 2 is 2.22 bits per heavy atom. The molecule has 0 saturated carbocycles. The lowest BCUT2D eigenvalue weighted by atomic mass is 9.85. The third-order valence-corrected chi connectivity index (χ3v) is 4.51. The van der Waals surface area contributed by atoms with E-state index in [0.29, 0.717) is 24.8 Å². The minimum Gasteiger partial charge on any atom is -0.353 e. The Hall–Kier alpha value is -0.580. The van der Waals surface area contributed by atoms with Gasteiger partial charge >= 0.3 is 0 Å². The lowest BCUT2D eigenvalue weighted by Gasteiger charge is -2.41. The second-order valence-electron chi connectivity index (χ2n) is 5.25. The van der Waals surface area contributed by atoms with Crippen molar-refractivity contribution in [2.75, 3.05) is 18.4 Å². The predicted octanol–water partition coefficient (Wildman–Crippen LogP) is 1.68. The van der Waals surface area contributed by atoms with Crippen LogP contribution in [0.4, 0.5) is 0 Å². The first-order valence-electron chi connectivity index (χ1n) is 6.84. The van der Waals surface area contributed by atoms with Crippen molar-refractivity contribution in [3.8, 4) is 0 Å². The smallest absolute Gasteiger partial charge is 0.222 e. The van der Waals surface area contributed by atoms with E-state index in [0.717, 1.165) is 44.1 Å². The van der Waals surface area contributed by atoms with E-state index in [1.165, 1.54) is 0 Å². The number of fused-ring (bicyclic) bond motifs is 1. The summed E-state index contributed by atoms with van der Waals surface area (Å²) in [7, 11) is 0. The van der Waals surface area contributed by atoms with Crippen LogP contribution in [0.2, 0.25) is 0 Å². The average Bonchev–Trinajstić information content (AvgIpc) is 2.38. The molecule has 0 aliphatic carbocycles. The molecule has 2 unspecified atom stereocenters. The number of hydrogen-bond acceptors (Lipinski definition) is 2. The Morgan fingerprint density at radius 3 is 3.00 bits per heavy atom. The zero-order chi connectivity index (χ0) is 13.0. The lowest BCUT2D eigenvalue weighted by Crippen LogP contribution is -2.55. The first-order chi connectivity index (χ1) is 8.70. The van der Waals surface area contributed by atoms with Gasteiger partial charge in [0.05, 0.1) is 0 Å². The first-order valence-corrected chi connectivity index (χ1v) is 7.96. The molecule has 2 aliphatic rings. The van der Waals surface area contributed by atoms with Crippen molar-refractivity contribution >= 4 is 27.7 Å². The van der Waals surface area contributed by atoms with Gasteiger partial charge in [0.15, 0.2) is 0 Å². The molecule has 4 nitrogen and oxygen atoms in total. The number of amides is 2. The first kappa shape index (κ1) is 13.8. The molecular formula is C13H21BrN2O2. The molecule has 2 rings (SSSR count). The van der Waals surface area contributed by atoms with Crippen molar-refractivity contribution < 1.29 is 9.59 Å². The third kappa shape index (κ3) is 3.46. The van der Waals surface area contributed by atoms with E-state index in [9.17, 15) is 9.59 Å². The molecule has 2 aliphatic heterocycles. The number of rotatable bonds is 4. The molecule has 18 heavy (non-hydrogen) atoms. The number of carbonyl (C=O) groups is 2. The zero-order valence-corrected chi connectivity index (χ0v) is 12.2. The molecular weight excluding hydrogens is 296 g/mol. The summed E-state index contributed by atoms with van der Waals surface area (Å²) in [6.07, 6.45) is 5.15. The van der Waals surface area contributed by atoms with Crippen LogP contribution in [0.15, 0.2) is 0 Å². The molecule has 2 atom stereocenters. The molecule has 5 heteroatoms. The van der Waals surface area contributed by atoms with Crippen LogP contribution in [0, 0.1) is 5.92 Å². The van der Waals surface area contributed by atoms with Crippen LogP contribution < -0.4 is 5.32 Å². The van der Waals surface area contributed by atoms with E-state index in [2.05, 4.69) is 21.2 Å². The molecule has 0 aromatic carbocycles. The second-order valence-corrected chi connectivity index (χ2v) is 6.04. The number of unbranched alkanes of at least 4 members (excludes halogenated alkanes) is 1. The van der Waals surface area contributed by atoms with Gasteiger partial charge in [-0.05, 0) is 31.6 Å². The fourth-order valence-corrected chi connectivity index (χ4v) is 3.26. The Balaban J connectivity index is 1.79. The van der Waals surface area contributed by atoms with Crippen LogP contribution in [0.1, 0.15) is 38.5 Å². The number of alkyl halides is 1. The van der Waals surface area contributed by atoms with Crippen LogP contribution in [-0.4, -0.2) is 41.2 Å². The van der Waals surface area contributed by atoms with Gasteiger partial charge in [-0.1, -0.05) is 15.9 Å². The molecule has 2 saturated heterocycles. The number of nitrogens with zero attached hydrogens (tertiary/aromatic N) is 1. The molecule has 1 N–H and O–H groups in total. The maximum atomic E-state index is 12.0. The summed E-state index contributed by atoms with van der Waals surface area (Å²) in [5.74, 6) is 0.927. The summed E-state index contributed by atoms with van der Waals surface area (Å²) in [6, 6.07) is 0.304. The molecule has 2 heterocycles. The summed E-state index contributed by atoms with van der Waals surface area (Å²) in [6.45, 7) is 1.63. The van der Waals surface area contributed by atoms with E-state index in [1.807, 2.05) is 4.90 Å². The van der Waals surface area contributed by atoms with E-state index in [4.69, 9.17) is 0 Å². The Kier molecular flexibility index (Phi) is 5.03. The Bertz CT molecular complexity index is 322. The maximum Gasteiger partial charge on any atom is 0.222 e. The highest BCUT2D eigenvalue weighted by Gasteiger charge is 2.34. The van der Waals surface area contributed by atoms with Crippen molar-refractivity contribution in [3.63, 3.8) is 0 Å². The van der Waals surface area contributed by atoms with Gasteiger partial charge in [-0.2, -0.15) is 0 Å². The topological polar surface area (TPSA) is 49.4 Å². The maximum absolute atomic E-state index is 12.0. The second kappa shape index (κ2) is 6.55. The Morgan fingerprint density at radius 1 is 1.39 bits per heavy atom. The van der Waals surface area contributed by atoms with Gasteiger partial charge < -0.3 is 10.2 Å². The number of likely N-dealkylation sites (tertiary alicyclic amines) is 1. The van der Waals surface area contributed by atoms with E-state index >= 15 is 0 Å². The van der Waals surface area contributed by atoms with Crippen LogP contribution >= 0.6 is 15.9 Å².